The molecule has 1 N–H and O–H groups in total. The normalized spacial score (nSPS) is 16.8. The first-order chi connectivity index (χ1) is 13.1. The maximum Gasteiger partial charge on any atom is 0.272 e. The standard InChI is InChI=1S/C21H20FN3O2/c22-15-6-3-5-14(11-15)12-16-7-4-10-25(16)20(26)13-19-17-8-1-2-9-18(17)21(27)24-23-19/h1-3,5-6,8-9,11,16H,4,7,10,12-13H2,(H,24,27). The van der Waals surface area contributed by atoms with E-state index in [-0.39, 0.29) is 29.7 Å². The number of carbonyl (C=O) groups excluding carboxylic acids is 1. The zero-order valence-corrected chi connectivity index (χ0v) is 14.8. The fraction of sp³-hybridized carbons (Fsp3) is 0.286. The summed E-state index contributed by atoms with van der Waals surface area (Å²) in [4.78, 5) is 26.7. The second kappa shape index (κ2) is 7.31. The van der Waals surface area contributed by atoms with Crippen LogP contribution in [0.15, 0.2) is 53.3 Å². The van der Waals surface area contributed by atoms with Crippen molar-refractivity contribution in [2.24, 2.45) is 0 Å². The van der Waals surface area contributed by atoms with E-state index in [0.717, 1.165) is 18.4 Å². The van der Waals surface area contributed by atoms with Gasteiger partial charge in [0.05, 0.1) is 17.5 Å². The molecular formula is C21H20FN3O2. The summed E-state index contributed by atoms with van der Waals surface area (Å²) >= 11 is 0. The van der Waals surface area contributed by atoms with E-state index in [1.807, 2.05) is 23.1 Å². The molecule has 1 aromatic heterocycles. The number of fused-ring (bicyclic) bond motifs is 1. The first kappa shape index (κ1) is 17.4. The highest BCUT2D eigenvalue weighted by Gasteiger charge is 2.29. The van der Waals surface area contributed by atoms with Gasteiger partial charge in [-0.2, -0.15) is 5.10 Å². The van der Waals surface area contributed by atoms with Crippen molar-refractivity contribution in [2.45, 2.75) is 31.7 Å². The Balaban J connectivity index is 1.54. The zero-order valence-electron chi connectivity index (χ0n) is 14.8. The van der Waals surface area contributed by atoms with Crippen molar-refractivity contribution in [1.82, 2.24) is 15.1 Å². The SMILES string of the molecule is O=C(Cc1n[nH]c(=O)c2ccccc12)N1CCCC1Cc1cccc(F)c1. The largest absolute Gasteiger partial charge is 0.339 e. The van der Waals surface area contributed by atoms with Gasteiger partial charge in [0, 0.05) is 18.0 Å². The molecule has 0 saturated carbocycles. The minimum atomic E-state index is -0.257. The maximum absolute atomic E-state index is 13.4. The monoisotopic (exact) mass is 365 g/mol. The second-order valence-corrected chi connectivity index (χ2v) is 6.94. The molecule has 1 saturated heterocycles. The average Bonchev–Trinajstić information content (AvgIpc) is 3.12. The van der Waals surface area contributed by atoms with Crippen molar-refractivity contribution in [3.05, 3.63) is 76.0 Å². The lowest BCUT2D eigenvalue weighted by molar-refractivity contribution is -0.131. The van der Waals surface area contributed by atoms with E-state index in [2.05, 4.69) is 10.2 Å². The Bertz CT molecular complexity index is 1050. The van der Waals surface area contributed by atoms with Gasteiger partial charge in [0.1, 0.15) is 5.82 Å². The fourth-order valence-electron chi connectivity index (χ4n) is 3.86. The van der Waals surface area contributed by atoms with Gasteiger partial charge in [-0.3, -0.25) is 9.59 Å². The number of amides is 1. The Morgan fingerprint density at radius 3 is 2.81 bits per heavy atom. The van der Waals surface area contributed by atoms with Gasteiger partial charge >= 0.3 is 0 Å². The number of likely N-dealkylation sites (tertiary alicyclic amines) is 1. The van der Waals surface area contributed by atoms with Gasteiger partial charge in [0.15, 0.2) is 0 Å². The lowest BCUT2D eigenvalue weighted by atomic mass is 10.0. The highest BCUT2D eigenvalue weighted by atomic mass is 19.1. The predicted octanol–water partition coefficient (Wildman–Crippen LogP) is 2.84. The molecule has 0 aliphatic carbocycles. The maximum atomic E-state index is 13.4. The summed E-state index contributed by atoms with van der Waals surface area (Å²) in [7, 11) is 0. The summed E-state index contributed by atoms with van der Waals surface area (Å²) in [6.45, 7) is 0.695. The molecule has 1 atom stereocenters. The third-order valence-corrected chi connectivity index (χ3v) is 5.15. The first-order valence-corrected chi connectivity index (χ1v) is 9.12. The van der Waals surface area contributed by atoms with Crippen molar-refractivity contribution in [3.8, 4) is 0 Å². The molecule has 5 nitrogen and oxygen atoms in total. The molecule has 0 bridgehead atoms. The molecule has 3 aromatic rings. The molecule has 27 heavy (non-hydrogen) atoms. The Kier molecular flexibility index (Phi) is 4.71. The number of hydrogen-bond donors (Lipinski definition) is 1. The van der Waals surface area contributed by atoms with Crippen molar-refractivity contribution in [2.75, 3.05) is 6.54 Å². The van der Waals surface area contributed by atoms with E-state index in [0.29, 0.717) is 29.4 Å². The van der Waals surface area contributed by atoms with Crippen LogP contribution in [0.3, 0.4) is 0 Å². The predicted molar refractivity (Wildman–Crippen MR) is 101 cm³/mol. The molecule has 1 amide bonds. The Morgan fingerprint density at radius 1 is 1.19 bits per heavy atom. The van der Waals surface area contributed by atoms with E-state index < -0.39 is 0 Å². The van der Waals surface area contributed by atoms with Crippen LogP contribution in [0.1, 0.15) is 24.1 Å². The van der Waals surface area contributed by atoms with Crippen molar-refractivity contribution >= 4 is 16.7 Å². The van der Waals surface area contributed by atoms with Gasteiger partial charge in [-0.15, -0.1) is 0 Å². The van der Waals surface area contributed by atoms with Crippen LogP contribution < -0.4 is 5.56 Å². The van der Waals surface area contributed by atoms with Gasteiger partial charge in [0.25, 0.3) is 5.56 Å². The minimum Gasteiger partial charge on any atom is -0.339 e. The Labute approximate surface area is 155 Å². The van der Waals surface area contributed by atoms with Crippen LogP contribution in [0, 0.1) is 5.82 Å². The summed E-state index contributed by atoms with van der Waals surface area (Å²) in [5, 5.41) is 7.82. The summed E-state index contributed by atoms with van der Waals surface area (Å²) in [5.74, 6) is -0.272. The number of rotatable bonds is 4. The van der Waals surface area contributed by atoms with Crippen LogP contribution in [0.5, 0.6) is 0 Å². The molecule has 1 aliphatic rings. The number of aromatic nitrogens is 2. The van der Waals surface area contributed by atoms with Gasteiger partial charge in [0.2, 0.25) is 5.91 Å². The van der Waals surface area contributed by atoms with Gasteiger partial charge < -0.3 is 4.90 Å². The molecule has 0 radical (unpaired) electrons. The van der Waals surface area contributed by atoms with Crippen LogP contribution in [0.2, 0.25) is 0 Å². The molecule has 4 rings (SSSR count). The number of hydrogen-bond acceptors (Lipinski definition) is 3. The van der Waals surface area contributed by atoms with E-state index in [1.54, 1.807) is 18.2 Å². The van der Waals surface area contributed by atoms with E-state index in [4.69, 9.17) is 0 Å². The Morgan fingerprint density at radius 2 is 2.00 bits per heavy atom. The number of aromatic amines is 1. The van der Waals surface area contributed by atoms with Crippen LogP contribution in [0.4, 0.5) is 4.39 Å². The van der Waals surface area contributed by atoms with Crippen molar-refractivity contribution in [3.63, 3.8) is 0 Å². The number of nitrogens with one attached hydrogen (secondary N) is 1. The molecule has 0 spiro atoms. The molecular weight excluding hydrogens is 345 g/mol. The molecule has 2 heterocycles. The summed E-state index contributed by atoms with van der Waals surface area (Å²) < 4.78 is 13.4. The Hall–Kier alpha value is -3.02. The highest BCUT2D eigenvalue weighted by molar-refractivity contribution is 5.88. The molecule has 1 fully saturated rings. The molecule has 1 unspecified atom stereocenters. The summed E-state index contributed by atoms with van der Waals surface area (Å²) in [6.07, 6.45) is 2.62. The number of H-pyrrole nitrogens is 1. The molecule has 2 aromatic carbocycles. The topological polar surface area (TPSA) is 66.1 Å². The van der Waals surface area contributed by atoms with Crippen LogP contribution in [-0.2, 0) is 17.6 Å². The van der Waals surface area contributed by atoms with Gasteiger partial charge in [-0.25, -0.2) is 9.49 Å². The van der Waals surface area contributed by atoms with Gasteiger partial charge in [-0.1, -0.05) is 30.3 Å². The zero-order chi connectivity index (χ0) is 18.8. The van der Waals surface area contributed by atoms with Crippen LogP contribution in [0.25, 0.3) is 10.8 Å². The smallest absolute Gasteiger partial charge is 0.272 e. The quantitative estimate of drug-likeness (QED) is 0.773. The number of benzene rings is 2. The van der Waals surface area contributed by atoms with E-state index in [9.17, 15) is 14.0 Å². The lowest BCUT2D eigenvalue weighted by Gasteiger charge is -2.25. The number of halogens is 1. The molecule has 138 valence electrons. The van der Waals surface area contributed by atoms with E-state index in [1.165, 1.54) is 12.1 Å². The van der Waals surface area contributed by atoms with E-state index >= 15 is 0 Å². The van der Waals surface area contributed by atoms with Crippen molar-refractivity contribution < 1.29 is 9.18 Å². The number of carbonyl (C=O) groups is 1. The lowest BCUT2D eigenvalue weighted by Crippen LogP contribution is -2.38. The third-order valence-electron chi connectivity index (χ3n) is 5.15. The summed E-state index contributed by atoms with van der Waals surface area (Å²) in [6, 6.07) is 13.8. The molecule has 1 aliphatic heterocycles. The molecule has 6 heteroatoms. The van der Waals surface area contributed by atoms with Crippen molar-refractivity contribution in [1.29, 1.82) is 0 Å². The fourth-order valence-corrected chi connectivity index (χ4v) is 3.86. The average molecular weight is 365 g/mol. The summed E-state index contributed by atoms with van der Waals surface area (Å²) in [5.41, 5.74) is 1.21. The van der Waals surface area contributed by atoms with Gasteiger partial charge in [-0.05, 0) is 43.0 Å². The second-order valence-electron chi connectivity index (χ2n) is 6.94. The third kappa shape index (κ3) is 3.60. The first-order valence-electron chi connectivity index (χ1n) is 9.12. The van der Waals surface area contributed by atoms with Crippen LogP contribution >= 0.6 is 0 Å². The number of nitrogens with zero attached hydrogens (tertiary/aromatic N) is 2. The minimum absolute atomic E-state index is 0.0152. The van der Waals surface area contributed by atoms with Crippen LogP contribution in [-0.4, -0.2) is 33.6 Å². The highest BCUT2D eigenvalue weighted by Crippen LogP contribution is 2.23.